The smallest absolute Gasteiger partial charge is 0.201 e. The molecule has 0 aliphatic carbocycles. The van der Waals surface area contributed by atoms with Crippen molar-refractivity contribution in [3.8, 4) is 0 Å². The van der Waals surface area contributed by atoms with Crippen LogP contribution in [0.4, 0.5) is 5.95 Å². The van der Waals surface area contributed by atoms with Gasteiger partial charge in [-0.3, -0.25) is 0 Å². The van der Waals surface area contributed by atoms with Crippen LogP contribution in [0.15, 0.2) is 18.2 Å². The van der Waals surface area contributed by atoms with Gasteiger partial charge in [-0.15, -0.1) is 0 Å². The number of hydrogen-bond donors (Lipinski definition) is 2. The Morgan fingerprint density at radius 2 is 2.04 bits per heavy atom. The van der Waals surface area contributed by atoms with Gasteiger partial charge in [-0.1, -0.05) is 6.07 Å². The lowest BCUT2D eigenvalue weighted by atomic mass is 9.89. The standard InChI is InChI=1S/C19H30N4O2/c1-19(2,24)13-23-17-5-4-15(12-16(17)21-18(23)20)14-6-8-22(9-7-14)10-11-25-3/h4-5,12,14,24H,6-11,13H2,1-3H3,(H2,20,21). The third-order valence-corrected chi connectivity index (χ3v) is 5.02. The number of aromatic nitrogens is 2. The molecule has 0 amide bonds. The normalized spacial score (nSPS) is 17.4. The highest BCUT2D eigenvalue weighted by atomic mass is 16.5. The summed E-state index contributed by atoms with van der Waals surface area (Å²) in [6, 6.07) is 6.46. The van der Waals surface area contributed by atoms with E-state index in [1.165, 1.54) is 5.56 Å². The summed E-state index contributed by atoms with van der Waals surface area (Å²) in [7, 11) is 1.75. The molecule has 3 N–H and O–H groups in total. The molecule has 25 heavy (non-hydrogen) atoms. The third-order valence-electron chi connectivity index (χ3n) is 5.02. The van der Waals surface area contributed by atoms with Crippen LogP contribution in [0.1, 0.15) is 38.2 Å². The van der Waals surface area contributed by atoms with E-state index >= 15 is 0 Å². The highest BCUT2D eigenvalue weighted by molar-refractivity contribution is 5.79. The molecule has 6 nitrogen and oxygen atoms in total. The molecule has 1 saturated heterocycles. The van der Waals surface area contributed by atoms with Crippen LogP contribution in [0.5, 0.6) is 0 Å². The van der Waals surface area contributed by atoms with Crippen molar-refractivity contribution < 1.29 is 9.84 Å². The topological polar surface area (TPSA) is 76.5 Å². The minimum Gasteiger partial charge on any atom is -0.389 e. The number of nitrogens with zero attached hydrogens (tertiary/aromatic N) is 3. The molecular formula is C19H30N4O2. The predicted molar refractivity (Wildman–Crippen MR) is 101 cm³/mol. The molecule has 1 aromatic carbocycles. The maximum atomic E-state index is 10.1. The Kier molecular flexibility index (Phi) is 5.32. The molecule has 0 saturated carbocycles. The zero-order chi connectivity index (χ0) is 18.0. The van der Waals surface area contributed by atoms with E-state index in [1.807, 2.05) is 4.57 Å². The molecule has 0 unspecified atom stereocenters. The summed E-state index contributed by atoms with van der Waals surface area (Å²) in [5, 5.41) is 10.1. The second-order valence-corrected chi connectivity index (χ2v) is 7.73. The lowest BCUT2D eigenvalue weighted by molar-refractivity contribution is 0.0633. The number of nitrogens with two attached hydrogens (primary N) is 1. The van der Waals surface area contributed by atoms with Crippen LogP contribution < -0.4 is 5.73 Å². The van der Waals surface area contributed by atoms with Crippen LogP contribution in [0, 0.1) is 0 Å². The summed E-state index contributed by atoms with van der Waals surface area (Å²) in [6.45, 7) is 8.04. The van der Waals surface area contributed by atoms with E-state index in [9.17, 15) is 5.11 Å². The average Bonchev–Trinajstić information content (AvgIpc) is 2.87. The predicted octanol–water partition coefficient (Wildman–Crippen LogP) is 2.22. The molecule has 1 aliphatic rings. The van der Waals surface area contributed by atoms with Gasteiger partial charge in [0.1, 0.15) is 0 Å². The van der Waals surface area contributed by atoms with Crippen molar-refractivity contribution in [3.63, 3.8) is 0 Å². The number of aliphatic hydroxyl groups is 1. The number of likely N-dealkylation sites (tertiary alicyclic amines) is 1. The molecule has 0 spiro atoms. The highest BCUT2D eigenvalue weighted by Gasteiger charge is 2.22. The monoisotopic (exact) mass is 346 g/mol. The number of hydrogen-bond acceptors (Lipinski definition) is 5. The Labute approximate surface area is 149 Å². The van der Waals surface area contributed by atoms with E-state index in [4.69, 9.17) is 10.5 Å². The number of piperidine rings is 1. The lowest BCUT2D eigenvalue weighted by Crippen LogP contribution is -2.35. The number of rotatable bonds is 6. The summed E-state index contributed by atoms with van der Waals surface area (Å²) in [6.07, 6.45) is 2.32. The van der Waals surface area contributed by atoms with Crippen LogP contribution in [-0.4, -0.2) is 58.5 Å². The number of ether oxygens (including phenoxy) is 1. The zero-order valence-corrected chi connectivity index (χ0v) is 15.5. The first-order valence-electron chi connectivity index (χ1n) is 9.07. The summed E-state index contributed by atoms with van der Waals surface area (Å²) < 4.78 is 7.07. The largest absolute Gasteiger partial charge is 0.389 e. The van der Waals surface area contributed by atoms with E-state index in [0.717, 1.165) is 50.1 Å². The van der Waals surface area contributed by atoms with Crippen LogP contribution in [0.3, 0.4) is 0 Å². The van der Waals surface area contributed by atoms with Gasteiger partial charge >= 0.3 is 0 Å². The van der Waals surface area contributed by atoms with Gasteiger partial charge < -0.3 is 25.0 Å². The van der Waals surface area contributed by atoms with Crippen molar-refractivity contribution in [3.05, 3.63) is 23.8 Å². The van der Waals surface area contributed by atoms with Crippen molar-refractivity contribution in [2.75, 3.05) is 39.1 Å². The van der Waals surface area contributed by atoms with E-state index < -0.39 is 5.60 Å². The van der Waals surface area contributed by atoms with Gasteiger partial charge in [-0.05, 0) is 63.4 Å². The van der Waals surface area contributed by atoms with Gasteiger partial charge in [0.25, 0.3) is 0 Å². The lowest BCUT2D eigenvalue weighted by Gasteiger charge is -2.32. The number of anilines is 1. The average molecular weight is 346 g/mol. The van der Waals surface area contributed by atoms with Crippen LogP contribution >= 0.6 is 0 Å². The molecule has 0 atom stereocenters. The Morgan fingerprint density at radius 1 is 1.32 bits per heavy atom. The highest BCUT2D eigenvalue weighted by Crippen LogP contribution is 2.31. The Hall–Kier alpha value is -1.63. The van der Waals surface area contributed by atoms with Gasteiger partial charge in [0, 0.05) is 13.7 Å². The molecular weight excluding hydrogens is 316 g/mol. The van der Waals surface area contributed by atoms with Gasteiger partial charge in [-0.2, -0.15) is 0 Å². The van der Waals surface area contributed by atoms with E-state index in [2.05, 4.69) is 28.1 Å². The Morgan fingerprint density at radius 3 is 2.68 bits per heavy atom. The maximum absolute atomic E-state index is 10.1. The fraction of sp³-hybridized carbons (Fsp3) is 0.632. The number of imidazole rings is 1. The maximum Gasteiger partial charge on any atom is 0.201 e. The van der Waals surface area contributed by atoms with Gasteiger partial charge in [-0.25, -0.2) is 4.98 Å². The molecule has 6 heteroatoms. The number of nitrogen functional groups attached to an aromatic ring is 1. The Balaban J connectivity index is 1.74. The van der Waals surface area contributed by atoms with Crippen molar-refractivity contribution in [2.24, 2.45) is 0 Å². The van der Waals surface area contributed by atoms with Crippen LogP contribution in [0.2, 0.25) is 0 Å². The summed E-state index contributed by atoms with van der Waals surface area (Å²) >= 11 is 0. The first-order chi connectivity index (χ1) is 11.9. The summed E-state index contributed by atoms with van der Waals surface area (Å²) in [5.41, 5.74) is 8.50. The van der Waals surface area contributed by atoms with Gasteiger partial charge in [0.05, 0.1) is 29.8 Å². The van der Waals surface area contributed by atoms with Crippen LogP contribution in [0.25, 0.3) is 11.0 Å². The minimum atomic E-state index is -0.824. The van der Waals surface area contributed by atoms with E-state index in [1.54, 1.807) is 21.0 Å². The first-order valence-corrected chi connectivity index (χ1v) is 9.07. The Bertz CT molecular complexity index is 712. The minimum absolute atomic E-state index is 0.437. The van der Waals surface area contributed by atoms with Crippen LogP contribution in [-0.2, 0) is 11.3 Å². The first kappa shape index (κ1) is 18.2. The molecule has 138 valence electrons. The SMILES string of the molecule is COCCN1CCC(c2ccc3c(c2)nc(N)n3CC(C)(C)O)CC1. The molecule has 1 aliphatic heterocycles. The summed E-state index contributed by atoms with van der Waals surface area (Å²) in [4.78, 5) is 6.98. The van der Waals surface area contributed by atoms with Crippen molar-refractivity contribution >= 4 is 17.0 Å². The van der Waals surface area contributed by atoms with E-state index in [0.29, 0.717) is 18.4 Å². The summed E-state index contributed by atoms with van der Waals surface area (Å²) in [5.74, 6) is 1.03. The zero-order valence-electron chi connectivity index (χ0n) is 15.5. The van der Waals surface area contributed by atoms with Gasteiger partial charge in [0.15, 0.2) is 0 Å². The number of benzene rings is 1. The second-order valence-electron chi connectivity index (χ2n) is 7.73. The number of methoxy groups -OCH3 is 1. The molecule has 1 fully saturated rings. The second kappa shape index (κ2) is 7.32. The van der Waals surface area contributed by atoms with Gasteiger partial charge in [0.2, 0.25) is 5.95 Å². The molecule has 1 aromatic heterocycles. The molecule has 0 radical (unpaired) electrons. The molecule has 2 aromatic rings. The third kappa shape index (κ3) is 4.32. The molecule has 2 heterocycles. The van der Waals surface area contributed by atoms with Crippen molar-refractivity contribution in [1.82, 2.24) is 14.5 Å². The quantitative estimate of drug-likeness (QED) is 0.839. The molecule has 0 bridgehead atoms. The molecule has 3 rings (SSSR count). The number of fused-ring (bicyclic) bond motifs is 1. The fourth-order valence-corrected chi connectivity index (χ4v) is 3.68. The van der Waals surface area contributed by atoms with Crippen molar-refractivity contribution in [2.45, 2.75) is 44.8 Å². The van der Waals surface area contributed by atoms with Crippen molar-refractivity contribution in [1.29, 1.82) is 0 Å². The van der Waals surface area contributed by atoms with E-state index in [-0.39, 0.29) is 0 Å². The fourth-order valence-electron chi connectivity index (χ4n) is 3.68.